The summed E-state index contributed by atoms with van der Waals surface area (Å²) in [5.74, 6) is 0.214. The van der Waals surface area contributed by atoms with Crippen molar-refractivity contribution in [1.29, 1.82) is 0 Å². The summed E-state index contributed by atoms with van der Waals surface area (Å²) in [4.78, 5) is 12.1. The first-order valence-electron chi connectivity index (χ1n) is 5.26. The molecule has 0 fully saturated rings. The molecule has 4 heteroatoms. The molecular weight excluding hydrogens is 256 g/mol. The Morgan fingerprint density at radius 1 is 1.53 bits per heavy atom. The average Bonchev–Trinajstić information content (AvgIpc) is 2.58. The van der Waals surface area contributed by atoms with Crippen LogP contribution >= 0.6 is 15.9 Å². The van der Waals surface area contributed by atoms with E-state index in [2.05, 4.69) is 21.0 Å². The molecule has 15 heavy (non-hydrogen) atoms. The molecule has 1 atom stereocenters. The highest BCUT2D eigenvalue weighted by molar-refractivity contribution is 9.10. The van der Waals surface area contributed by atoms with Crippen LogP contribution in [0, 0.1) is 5.92 Å². The number of hydrogen-bond acceptors (Lipinski definition) is 2. The van der Waals surface area contributed by atoms with Gasteiger partial charge in [0.15, 0.2) is 5.78 Å². The number of Topliss-reactive ketones (excluding diaryl/α,β-unsaturated/α-hetero) is 1. The van der Waals surface area contributed by atoms with Gasteiger partial charge in [0.2, 0.25) is 0 Å². The summed E-state index contributed by atoms with van der Waals surface area (Å²) in [6, 6.07) is 0.208. The summed E-state index contributed by atoms with van der Waals surface area (Å²) in [6.45, 7) is 8.01. The highest BCUT2D eigenvalue weighted by Crippen LogP contribution is 2.23. The van der Waals surface area contributed by atoms with Crippen molar-refractivity contribution in [2.24, 2.45) is 5.92 Å². The maximum absolute atomic E-state index is 12.1. The van der Waals surface area contributed by atoms with Gasteiger partial charge in [0.05, 0.1) is 10.7 Å². The maximum atomic E-state index is 12.1. The number of carbonyl (C=O) groups is 1. The zero-order valence-corrected chi connectivity index (χ0v) is 11.2. The first kappa shape index (κ1) is 12.4. The van der Waals surface area contributed by atoms with Crippen LogP contribution in [0.3, 0.4) is 0 Å². The Morgan fingerprint density at radius 2 is 2.13 bits per heavy atom. The quantitative estimate of drug-likeness (QED) is 0.787. The zero-order valence-electron chi connectivity index (χ0n) is 9.62. The minimum Gasteiger partial charge on any atom is -0.292 e. The molecule has 1 unspecified atom stereocenters. The molecule has 0 aliphatic heterocycles. The van der Waals surface area contributed by atoms with E-state index in [4.69, 9.17) is 0 Å². The van der Waals surface area contributed by atoms with Gasteiger partial charge in [-0.1, -0.05) is 13.8 Å². The molecule has 1 heterocycles. The fourth-order valence-corrected chi connectivity index (χ4v) is 1.85. The van der Waals surface area contributed by atoms with E-state index in [9.17, 15) is 4.79 Å². The van der Waals surface area contributed by atoms with E-state index in [1.807, 2.05) is 27.7 Å². The van der Waals surface area contributed by atoms with Crippen molar-refractivity contribution in [1.82, 2.24) is 9.78 Å². The fraction of sp³-hybridized carbons (Fsp3) is 0.636. The SMILES string of the molecule is CCC(C)C(=O)c1c(Br)cnn1C(C)C. The van der Waals surface area contributed by atoms with Gasteiger partial charge in [-0.15, -0.1) is 0 Å². The van der Waals surface area contributed by atoms with Crippen LogP contribution in [-0.4, -0.2) is 15.6 Å². The van der Waals surface area contributed by atoms with Gasteiger partial charge in [-0.25, -0.2) is 0 Å². The van der Waals surface area contributed by atoms with E-state index in [-0.39, 0.29) is 17.7 Å². The highest BCUT2D eigenvalue weighted by Gasteiger charge is 2.22. The van der Waals surface area contributed by atoms with E-state index in [0.29, 0.717) is 5.69 Å². The Balaban J connectivity index is 3.12. The standard InChI is InChI=1S/C11H17BrN2O/c1-5-8(4)11(15)10-9(12)6-13-14(10)7(2)3/h6-8H,5H2,1-4H3. The summed E-state index contributed by atoms with van der Waals surface area (Å²) in [5, 5.41) is 4.20. The molecule has 0 aliphatic carbocycles. The smallest absolute Gasteiger partial charge is 0.184 e. The number of carbonyl (C=O) groups excluding carboxylic acids is 1. The Kier molecular flexibility index (Phi) is 4.08. The van der Waals surface area contributed by atoms with Gasteiger partial charge in [-0.05, 0) is 36.2 Å². The predicted molar refractivity (Wildman–Crippen MR) is 64.1 cm³/mol. The van der Waals surface area contributed by atoms with Gasteiger partial charge in [-0.2, -0.15) is 5.10 Å². The lowest BCUT2D eigenvalue weighted by Gasteiger charge is -2.13. The lowest BCUT2D eigenvalue weighted by atomic mass is 10.0. The van der Waals surface area contributed by atoms with Crippen molar-refractivity contribution >= 4 is 21.7 Å². The Hall–Kier alpha value is -0.640. The molecule has 0 aromatic carbocycles. The molecule has 1 aromatic rings. The van der Waals surface area contributed by atoms with Crippen LogP contribution in [0.2, 0.25) is 0 Å². The molecule has 0 N–H and O–H groups in total. The van der Waals surface area contributed by atoms with Crippen LogP contribution in [-0.2, 0) is 0 Å². The third kappa shape index (κ3) is 2.48. The predicted octanol–water partition coefficient (Wildman–Crippen LogP) is 3.46. The van der Waals surface area contributed by atoms with Crippen molar-refractivity contribution in [3.8, 4) is 0 Å². The number of ketones is 1. The van der Waals surface area contributed by atoms with Crippen molar-refractivity contribution in [3.05, 3.63) is 16.4 Å². The van der Waals surface area contributed by atoms with Gasteiger partial charge in [0.1, 0.15) is 5.69 Å². The number of rotatable bonds is 4. The fourth-order valence-electron chi connectivity index (χ4n) is 1.38. The highest BCUT2D eigenvalue weighted by atomic mass is 79.9. The van der Waals surface area contributed by atoms with Gasteiger partial charge < -0.3 is 0 Å². The largest absolute Gasteiger partial charge is 0.292 e. The minimum absolute atomic E-state index is 0.0514. The second kappa shape index (κ2) is 4.92. The van der Waals surface area contributed by atoms with E-state index in [1.165, 1.54) is 0 Å². The van der Waals surface area contributed by atoms with Crippen LogP contribution in [0.4, 0.5) is 0 Å². The van der Waals surface area contributed by atoms with Crippen LogP contribution in [0.15, 0.2) is 10.7 Å². The van der Waals surface area contributed by atoms with Crippen molar-refractivity contribution < 1.29 is 4.79 Å². The molecule has 1 aromatic heterocycles. The Bertz CT molecular complexity index is 357. The van der Waals surface area contributed by atoms with Crippen LogP contribution in [0.5, 0.6) is 0 Å². The average molecular weight is 273 g/mol. The molecule has 84 valence electrons. The first-order valence-corrected chi connectivity index (χ1v) is 6.05. The molecule has 0 bridgehead atoms. The molecule has 0 spiro atoms. The third-order valence-electron chi connectivity index (χ3n) is 2.53. The molecule has 0 radical (unpaired) electrons. The second-order valence-electron chi connectivity index (χ2n) is 4.05. The monoisotopic (exact) mass is 272 g/mol. The van der Waals surface area contributed by atoms with Gasteiger partial charge >= 0.3 is 0 Å². The summed E-state index contributed by atoms with van der Waals surface area (Å²) >= 11 is 3.38. The van der Waals surface area contributed by atoms with Gasteiger partial charge in [-0.3, -0.25) is 9.48 Å². The van der Waals surface area contributed by atoms with Crippen LogP contribution in [0.1, 0.15) is 50.6 Å². The topological polar surface area (TPSA) is 34.9 Å². The molecular formula is C11H17BrN2O. The van der Waals surface area contributed by atoms with E-state index in [0.717, 1.165) is 10.9 Å². The number of nitrogens with zero attached hydrogens (tertiary/aromatic N) is 2. The summed E-state index contributed by atoms with van der Waals surface area (Å²) in [7, 11) is 0. The van der Waals surface area contributed by atoms with Crippen molar-refractivity contribution in [3.63, 3.8) is 0 Å². The van der Waals surface area contributed by atoms with Crippen molar-refractivity contribution in [2.45, 2.75) is 40.2 Å². The lowest BCUT2D eigenvalue weighted by Crippen LogP contribution is -2.18. The summed E-state index contributed by atoms with van der Waals surface area (Å²) in [6.07, 6.45) is 2.55. The molecule has 3 nitrogen and oxygen atoms in total. The van der Waals surface area contributed by atoms with E-state index in [1.54, 1.807) is 10.9 Å². The normalized spacial score (nSPS) is 13.2. The third-order valence-corrected chi connectivity index (χ3v) is 3.11. The summed E-state index contributed by atoms with van der Waals surface area (Å²) in [5.41, 5.74) is 0.694. The molecule has 0 aliphatic rings. The minimum atomic E-state index is 0.0514. The maximum Gasteiger partial charge on any atom is 0.184 e. The molecule has 0 saturated carbocycles. The van der Waals surface area contributed by atoms with Crippen LogP contribution < -0.4 is 0 Å². The van der Waals surface area contributed by atoms with Gasteiger partial charge in [0.25, 0.3) is 0 Å². The molecule has 1 rings (SSSR count). The van der Waals surface area contributed by atoms with Gasteiger partial charge in [0, 0.05) is 12.0 Å². The number of halogens is 1. The number of hydrogen-bond donors (Lipinski definition) is 0. The molecule has 0 amide bonds. The Morgan fingerprint density at radius 3 is 2.60 bits per heavy atom. The van der Waals surface area contributed by atoms with Crippen molar-refractivity contribution in [2.75, 3.05) is 0 Å². The lowest BCUT2D eigenvalue weighted by molar-refractivity contribution is 0.0913. The van der Waals surface area contributed by atoms with Crippen LogP contribution in [0.25, 0.3) is 0 Å². The van der Waals surface area contributed by atoms with E-state index < -0.39 is 0 Å². The summed E-state index contributed by atoms with van der Waals surface area (Å²) < 4.78 is 2.57. The second-order valence-corrected chi connectivity index (χ2v) is 4.91. The molecule has 0 saturated heterocycles. The number of aromatic nitrogens is 2. The first-order chi connectivity index (χ1) is 6.99. The van der Waals surface area contributed by atoms with E-state index >= 15 is 0 Å². The Labute approximate surface area is 99.0 Å². The zero-order chi connectivity index (χ0) is 11.6.